The molecule has 0 radical (unpaired) electrons. The highest BCUT2D eigenvalue weighted by molar-refractivity contribution is 7.98. The molecular formula is C13H16FNO3S. The first kappa shape index (κ1) is 15.5. The van der Waals surface area contributed by atoms with Crippen molar-refractivity contribution < 1.29 is 19.1 Å². The number of amides is 1. The van der Waals surface area contributed by atoms with E-state index in [1.807, 2.05) is 6.26 Å². The Balaban J connectivity index is 2.78. The van der Waals surface area contributed by atoms with E-state index >= 15 is 0 Å². The minimum absolute atomic E-state index is 0.138. The summed E-state index contributed by atoms with van der Waals surface area (Å²) in [6, 6.07) is 3.20. The van der Waals surface area contributed by atoms with Crippen LogP contribution in [-0.4, -0.2) is 35.0 Å². The third-order valence-electron chi connectivity index (χ3n) is 2.58. The van der Waals surface area contributed by atoms with Gasteiger partial charge in [-0.25, -0.2) is 9.18 Å². The number of halogens is 1. The van der Waals surface area contributed by atoms with E-state index in [1.54, 1.807) is 13.0 Å². The number of rotatable bonds is 6. The third-order valence-corrected chi connectivity index (χ3v) is 3.23. The van der Waals surface area contributed by atoms with Gasteiger partial charge in [0.2, 0.25) is 0 Å². The number of carboxylic acids is 1. The predicted molar refractivity (Wildman–Crippen MR) is 73.0 cm³/mol. The molecule has 1 aromatic carbocycles. The van der Waals surface area contributed by atoms with Gasteiger partial charge in [0, 0.05) is 0 Å². The molecule has 2 N–H and O–H groups in total. The van der Waals surface area contributed by atoms with Gasteiger partial charge in [0.05, 0.1) is 5.56 Å². The van der Waals surface area contributed by atoms with Crippen LogP contribution in [0, 0.1) is 12.7 Å². The van der Waals surface area contributed by atoms with Crippen LogP contribution in [-0.2, 0) is 4.79 Å². The average Bonchev–Trinajstić information content (AvgIpc) is 2.33. The van der Waals surface area contributed by atoms with Crippen molar-refractivity contribution in [1.82, 2.24) is 5.32 Å². The van der Waals surface area contributed by atoms with Crippen LogP contribution < -0.4 is 5.32 Å². The zero-order valence-electron chi connectivity index (χ0n) is 10.8. The fraction of sp³-hybridized carbons (Fsp3) is 0.385. The number of carbonyl (C=O) groups excluding carboxylic acids is 1. The Labute approximate surface area is 115 Å². The van der Waals surface area contributed by atoms with Crippen LogP contribution in [0.4, 0.5) is 4.39 Å². The van der Waals surface area contributed by atoms with Gasteiger partial charge in [-0.1, -0.05) is 6.07 Å². The Bertz CT molecular complexity index is 479. The zero-order valence-corrected chi connectivity index (χ0v) is 11.6. The van der Waals surface area contributed by atoms with Gasteiger partial charge in [-0.05, 0) is 43.0 Å². The van der Waals surface area contributed by atoms with Crippen molar-refractivity contribution in [2.24, 2.45) is 0 Å². The lowest BCUT2D eigenvalue weighted by Gasteiger charge is -2.14. The van der Waals surface area contributed by atoms with Gasteiger partial charge in [-0.15, -0.1) is 0 Å². The molecule has 104 valence electrons. The number of benzene rings is 1. The fourth-order valence-corrected chi connectivity index (χ4v) is 2.00. The van der Waals surface area contributed by atoms with Crippen molar-refractivity contribution in [1.29, 1.82) is 0 Å². The van der Waals surface area contributed by atoms with Crippen molar-refractivity contribution in [2.45, 2.75) is 19.4 Å². The van der Waals surface area contributed by atoms with Crippen LogP contribution in [0.1, 0.15) is 22.3 Å². The van der Waals surface area contributed by atoms with E-state index in [9.17, 15) is 14.0 Å². The largest absolute Gasteiger partial charge is 0.480 e. The van der Waals surface area contributed by atoms with Crippen molar-refractivity contribution in [3.05, 3.63) is 35.1 Å². The quantitative estimate of drug-likeness (QED) is 0.839. The highest BCUT2D eigenvalue weighted by atomic mass is 32.2. The van der Waals surface area contributed by atoms with E-state index < -0.39 is 23.7 Å². The number of aryl methyl sites for hydroxylation is 1. The second-order valence-corrected chi connectivity index (χ2v) is 5.11. The number of aliphatic carboxylic acids is 1. The van der Waals surface area contributed by atoms with Gasteiger partial charge in [0.25, 0.3) is 5.91 Å². The summed E-state index contributed by atoms with van der Waals surface area (Å²) in [5.41, 5.74) is 0.562. The molecule has 1 atom stereocenters. The molecule has 0 heterocycles. The number of nitrogens with one attached hydrogen (secondary N) is 1. The highest BCUT2D eigenvalue weighted by Gasteiger charge is 2.21. The molecule has 6 heteroatoms. The van der Waals surface area contributed by atoms with Crippen molar-refractivity contribution in [3.8, 4) is 0 Å². The third kappa shape index (κ3) is 4.55. The van der Waals surface area contributed by atoms with E-state index in [-0.39, 0.29) is 5.56 Å². The second kappa shape index (κ2) is 7.13. The van der Waals surface area contributed by atoms with Gasteiger partial charge < -0.3 is 10.4 Å². The van der Waals surface area contributed by atoms with E-state index in [2.05, 4.69) is 5.32 Å². The number of thioether (sulfide) groups is 1. The average molecular weight is 285 g/mol. The minimum atomic E-state index is -1.12. The molecule has 0 aromatic heterocycles. The monoisotopic (exact) mass is 285 g/mol. The number of carbonyl (C=O) groups is 2. The summed E-state index contributed by atoms with van der Waals surface area (Å²) in [7, 11) is 0. The van der Waals surface area contributed by atoms with Crippen molar-refractivity contribution >= 4 is 23.6 Å². The Morgan fingerprint density at radius 3 is 2.68 bits per heavy atom. The smallest absolute Gasteiger partial charge is 0.326 e. The first-order valence-corrected chi connectivity index (χ1v) is 7.14. The first-order valence-electron chi connectivity index (χ1n) is 5.74. The molecule has 19 heavy (non-hydrogen) atoms. The Hall–Kier alpha value is -1.56. The van der Waals surface area contributed by atoms with E-state index in [0.29, 0.717) is 17.7 Å². The molecule has 0 aliphatic heterocycles. The Kier molecular flexibility index (Phi) is 5.82. The van der Waals surface area contributed by atoms with Crippen LogP contribution in [0.3, 0.4) is 0 Å². The molecule has 1 aromatic rings. The summed E-state index contributed by atoms with van der Waals surface area (Å²) < 4.78 is 13.6. The van der Waals surface area contributed by atoms with Crippen molar-refractivity contribution in [2.75, 3.05) is 12.0 Å². The standard InChI is InChI=1S/C13H16FNO3S/c1-8-3-4-9(10(14)7-8)12(16)15-11(13(17)18)5-6-19-2/h3-4,7,11H,5-6H2,1-2H3,(H,15,16)(H,17,18). The van der Waals surface area contributed by atoms with Gasteiger partial charge in [0.1, 0.15) is 11.9 Å². The van der Waals surface area contributed by atoms with E-state index in [1.165, 1.54) is 23.9 Å². The lowest BCUT2D eigenvalue weighted by molar-refractivity contribution is -0.139. The Morgan fingerprint density at radius 1 is 1.47 bits per heavy atom. The van der Waals surface area contributed by atoms with E-state index in [4.69, 9.17) is 5.11 Å². The van der Waals surface area contributed by atoms with Crippen LogP contribution in [0.25, 0.3) is 0 Å². The summed E-state index contributed by atoms with van der Waals surface area (Å²) in [5.74, 6) is -1.86. The Morgan fingerprint density at radius 2 is 2.16 bits per heavy atom. The van der Waals surface area contributed by atoms with Gasteiger partial charge >= 0.3 is 5.97 Å². The predicted octanol–water partition coefficient (Wildman–Crippen LogP) is 2.07. The maximum absolute atomic E-state index is 13.6. The van der Waals surface area contributed by atoms with Gasteiger partial charge in [-0.2, -0.15) is 11.8 Å². The van der Waals surface area contributed by atoms with Gasteiger partial charge in [0.15, 0.2) is 0 Å². The lowest BCUT2D eigenvalue weighted by Crippen LogP contribution is -2.41. The molecule has 1 unspecified atom stereocenters. The molecule has 0 aliphatic rings. The zero-order chi connectivity index (χ0) is 14.4. The lowest BCUT2D eigenvalue weighted by atomic mass is 10.1. The number of hydrogen-bond donors (Lipinski definition) is 2. The van der Waals surface area contributed by atoms with E-state index in [0.717, 1.165) is 0 Å². The summed E-state index contributed by atoms with van der Waals surface area (Å²) in [5, 5.41) is 11.3. The van der Waals surface area contributed by atoms with Crippen LogP contribution in [0.15, 0.2) is 18.2 Å². The molecule has 0 saturated heterocycles. The molecule has 4 nitrogen and oxygen atoms in total. The van der Waals surface area contributed by atoms with Crippen LogP contribution >= 0.6 is 11.8 Å². The topological polar surface area (TPSA) is 66.4 Å². The van der Waals surface area contributed by atoms with Gasteiger partial charge in [-0.3, -0.25) is 4.79 Å². The summed E-state index contributed by atoms with van der Waals surface area (Å²) in [6.07, 6.45) is 2.15. The molecule has 0 spiro atoms. The molecule has 0 fully saturated rings. The number of hydrogen-bond acceptors (Lipinski definition) is 3. The summed E-state index contributed by atoms with van der Waals surface area (Å²) in [6.45, 7) is 1.71. The highest BCUT2D eigenvalue weighted by Crippen LogP contribution is 2.10. The summed E-state index contributed by atoms with van der Waals surface area (Å²) in [4.78, 5) is 22.8. The molecular weight excluding hydrogens is 269 g/mol. The normalized spacial score (nSPS) is 11.9. The maximum Gasteiger partial charge on any atom is 0.326 e. The fourth-order valence-electron chi connectivity index (χ4n) is 1.53. The van der Waals surface area contributed by atoms with Crippen molar-refractivity contribution in [3.63, 3.8) is 0 Å². The first-order chi connectivity index (χ1) is 8.95. The molecule has 0 saturated carbocycles. The molecule has 0 bridgehead atoms. The van der Waals surface area contributed by atoms with Crippen LogP contribution in [0.2, 0.25) is 0 Å². The molecule has 1 amide bonds. The minimum Gasteiger partial charge on any atom is -0.480 e. The number of carboxylic acid groups (broad SMARTS) is 1. The summed E-state index contributed by atoms with van der Waals surface area (Å²) >= 11 is 1.49. The maximum atomic E-state index is 13.6. The molecule has 1 rings (SSSR count). The molecule has 0 aliphatic carbocycles. The second-order valence-electron chi connectivity index (χ2n) is 4.13. The SMILES string of the molecule is CSCCC(NC(=O)c1ccc(C)cc1F)C(=O)O. The van der Waals surface area contributed by atoms with Crippen LogP contribution in [0.5, 0.6) is 0 Å².